The summed E-state index contributed by atoms with van der Waals surface area (Å²) in [5, 5.41) is 7.15. The van der Waals surface area contributed by atoms with E-state index in [1.165, 1.54) is 0 Å². The Labute approximate surface area is 181 Å². The van der Waals surface area contributed by atoms with E-state index in [1.54, 1.807) is 26.8 Å². The number of halogens is 2. The number of carbonyl (C=O) groups is 1. The van der Waals surface area contributed by atoms with Crippen molar-refractivity contribution >= 4 is 17.6 Å². The number of hydrogen-bond donors (Lipinski definition) is 1. The molecule has 0 saturated carbocycles. The molecule has 0 radical (unpaired) electrons. The van der Waals surface area contributed by atoms with E-state index in [1.807, 2.05) is 35.7 Å². The van der Waals surface area contributed by atoms with Crippen LogP contribution in [0.15, 0.2) is 18.2 Å². The minimum absolute atomic E-state index is 0.188. The van der Waals surface area contributed by atoms with Crippen molar-refractivity contribution in [1.82, 2.24) is 14.8 Å². The molecule has 31 heavy (non-hydrogen) atoms. The van der Waals surface area contributed by atoms with E-state index in [2.05, 4.69) is 15.4 Å². The second-order valence-electron chi connectivity index (χ2n) is 9.07. The summed E-state index contributed by atoms with van der Waals surface area (Å²) < 4.78 is 34.4. The summed E-state index contributed by atoms with van der Waals surface area (Å²) >= 11 is 0. The largest absolute Gasteiger partial charge is 0.444 e. The molecule has 1 N–H and O–H groups in total. The third-order valence-corrected chi connectivity index (χ3v) is 5.15. The van der Waals surface area contributed by atoms with Crippen LogP contribution in [0, 0.1) is 6.92 Å². The quantitative estimate of drug-likeness (QED) is 0.749. The van der Waals surface area contributed by atoms with Crippen LogP contribution in [0.3, 0.4) is 0 Å². The molecule has 1 saturated heterocycles. The molecule has 2 aromatic heterocycles. The molecule has 0 aromatic carbocycles. The van der Waals surface area contributed by atoms with Crippen LogP contribution in [-0.2, 0) is 24.6 Å². The lowest BCUT2D eigenvalue weighted by atomic mass is 10.1. The highest BCUT2D eigenvalue weighted by atomic mass is 19.3. The zero-order valence-electron chi connectivity index (χ0n) is 18.8. The van der Waals surface area contributed by atoms with E-state index in [0.29, 0.717) is 18.7 Å². The Bertz CT molecular complexity index is 907. The van der Waals surface area contributed by atoms with E-state index >= 15 is 0 Å². The van der Waals surface area contributed by atoms with Crippen molar-refractivity contribution in [1.29, 1.82) is 0 Å². The number of amides is 1. The predicted molar refractivity (Wildman–Crippen MR) is 116 cm³/mol. The van der Waals surface area contributed by atoms with Crippen LogP contribution in [0.5, 0.6) is 0 Å². The molecule has 1 aliphatic heterocycles. The first-order chi connectivity index (χ1) is 14.4. The number of carbonyl (C=O) groups excluding carboxylic acids is 1. The lowest BCUT2D eigenvalue weighted by Gasteiger charge is -2.33. The minimum Gasteiger partial charge on any atom is -0.444 e. The molecule has 0 atom stereocenters. The highest BCUT2D eigenvalue weighted by Crippen LogP contribution is 2.31. The van der Waals surface area contributed by atoms with Gasteiger partial charge in [0.2, 0.25) is 0 Å². The predicted octanol–water partition coefficient (Wildman–Crippen LogP) is 4.49. The van der Waals surface area contributed by atoms with Gasteiger partial charge in [-0.15, -0.1) is 0 Å². The number of nitrogens with zero attached hydrogens (tertiary/aromatic N) is 4. The maximum absolute atomic E-state index is 13.6. The third-order valence-electron chi connectivity index (χ3n) is 5.15. The number of alkyl halides is 2. The van der Waals surface area contributed by atoms with Gasteiger partial charge in [-0.1, -0.05) is 0 Å². The van der Waals surface area contributed by atoms with Crippen LogP contribution in [0.2, 0.25) is 0 Å². The molecule has 1 fully saturated rings. The van der Waals surface area contributed by atoms with Crippen LogP contribution >= 0.6 is 0 Å². The summed E-state index contributed by atoms with van der Waals surface area (Å²) in [6.07, 6.45) is 0.312. The highest BCUT2D eigenvalue weighted by molar-refractivity contribution is 5.84. The van der Waals surface area contributed by atoms with Gasteiger partial charge in [0.05, 0.1) is 5.69 Å². The summed E-state index contributed by atoms with van der Waals surface area (Å²) in [5.41, 5.74) is 2.90. The average molecular weight is 436 g/mol. The molecule has 2 aromatic rings. The normalized spacial score (nSPS) is 16.3. The molecule has 0 aliphatic carbocycles. The van der Waals surface area contributed by atoms with Gasteiger partial charge in [0.15, 0.2) is 0 Å². The first-order valence-electron chi connectivity index (χ1n) is 10.5. The highest BCUT2D eigenvalue weighted by Gasteiger charge is 2.34. The van der Waals surface area contributed by atoms with Gasteiger partial charge in [0.25, 0.3) is 5.92 Å². The SMILES string of the molecule is Cc1cc(CCc2cc(N3CCC(F)(F)CC3)cc(NC(=O)OC(C)(C)C)n2)nn1C. The number of piperidine rings is 1. The van der Waals surface area contributed by atoms with Gasteiger partial charge in [-0.25, -0.2) is 18.6 Å². The number of ether oxygens (including phenoxy) is 1. The number of pyridine rings is 1. The van der Waals surface area contributed by atoms with Crippen LogP contribution in [0.4, 0.5) is 25.1 Å². The molecule has 7 nitrogen and oxygen atoms in total. The molecule has 170 valence electrons. The smallest absolute Gasteiger partial charge is 0.413 e. The second kappa shape index (κ2) is 8.80. The monoisotopic (exact) mass is 435 g/mol. The van der Waals surface area contributed by atoms with Crippen molar-refractivity contribution in [2.75, 3.05) is 23.3 Å². The van der Waals surface area contributed by atoms with E-state index in [4.69, 9.17) is 4.74 Å². The summed E-state index contributed by atoms with van der Waals surface area (Å²) in [4.78, 5) is 18.7. The molecular formula is C22H31F2N5O2. The Hall–Kier alpha value is -2.71. The molecule has 3 rings (SSSR count). The van der Waals surface area contributed by atoms with Gasteiger partial charge in [-0.05, 0) is 52.7 Å². The fraction of sp³-hybridized carbons (Fsp3) is 0.591. The summed E-state index contributed by atoms with van der Waals surface area (Å²) in [6, 6.07) is 5.64. The first-order valence-corrected chi connectivity index (χ1v) is 10.5. The molecule has 1 aliphatic rings. The number of nitrogens with one attached hydrogen (secondary N) is 1. The summed E-state index contributed by atoms with van der Waals surface area (Å²) in [5.74, 6) is -2.28. The van der Waals surface area contributed by atoms with Gasteiger partial charge in [0, 0.05) is 56.1 Å². The second-order valence-corrected chi connectivity index (χ2v) is 9.07. The molecule has 9 heteroatoms. The Morgan fingerprint density at radius 1 is 1.16 bits per heavy atom. The standard InChI is InChI=1S/C22H31F2N5O2/c1-15-12-17(27-28(15)5)7-6-16-13-18(29-10-8-22(23,24)9-11-29)14-19(25-16)26-20(30)31-21(2,3)4/h12-14H,6-11H2,1-5H3,(H,25,26,30). The van der Waals surface area contributed by atoms with Crippen LogP contribution in [0.1, 0.15) is 50.7 Å². The van der Waals surface area contributed by atoms with Crippen molar-refractivity contribution in [3.8, 4) is 0 Å². The lowest BCUT2D eigenvalue weighted by molar-refractivity contribution is -0.0220. The van der Waals surface area contributed by atoms with E-state index in [9.17, 15) is 13.6 Å². The number of aromatic nitrogens is 3. The van der Waals surface area contributed by atoms with Gasteiger partial charge < -0.3 is 9.64 Å². The van der Waals surface area contributed by atoms with E-state index < -0.39 is 17.6 Å². The van der Waals surface area contributed by atoms with Gasteiger partial charge in [0.1, 0.15) is 11.4 Å². The Morgan fingerprint density at radius 2 is 1.81 bits per heavy atom. The van der Waals surface area contributed by atoms with Gasteiger partial charge in [-0.2, -0.15) is 5.10 Å². The van der Waals surface area contributed by atoms with Gasteiger partial charge >= 0.3 is 6.09 Å². The fourth-order valence-corrected chi connectivity index (χ4v) is 3.46. The number of anilines is 2. The summed E-state index contributed by atoms with van der Waals surface area (Å²) in [7, 11) is 1.90. The van der Waals surface area contributed by atoms with Crippen LogP contribution in [0.25, 0.3) is 0 Å². The van der Waals surface area contributed by atoms with Crippen molar-refractivity contribution in [2.45, 2.75) is 64.9 Å². The fourth-order valence-electron chi connectivity index (χ4n) is 3.46. The molecule has 0 unspecified atom stereocenters. The summed E-state index contributed by atoms with van der Waals surface area (Å²) in [6.45, 7) is 7.84. The zero-order valence-corrected chi connectivity index (χ0v) is 18.8. The number of aryl methyl sites for hydroxylation is 4. The average Bonchev–Trinajstić information content (AvgIpc) is 2.96. The molecule has 3 heterocycles. The van der Waals surface area contributed by atoms with E-state index in [0.717, 1.165) is 22.8 Å². The van der Waals surface area contributed by atoms with E-state index in [-0.39, 0.29) is 25.9 Å². The number of hydrogen-bond acceptors (Lipinski definition) is 5. The Kier molecular flexibility index (Phi) is 6.52. The van der Waals surface area contributed by atoms with Crippen molar-refractivity contribution in [3.63, 3.8) is 0 Å². The Morgan fingerprint density at radius 3 is 2.39 bits per heavy atom. The molecular weight excluding hydrogens is 404 g/mol. The van der Waals surface area contributed by atoms with Crippen molar-refractivity contribution in [2.24, 2.45) is 7.05 Å². The molecule has 0 bridgehead atoms. The van der Waals surface area contributed by atoms with Crippen LogP contribution in [-0.4, -0.2) is 45.5 Å². The first kappa shape index (κ1) is 23.0. The van der Waals surface area contributed by atoms with Crippen LogP contribution < -0.4 is 10.2 Å². The third kappa shape index (κ3) is 6.63. The lowest BCUT2D eigenvalue weighted by Crippen LogP contribution is -2.39. The molecule has 1 amide bonds. The Balaban J connectivity index is 1.80. The maximum Gasteiger partial charge on any atom is 0.413 e. The van der Waals surface area contributed by atoms with Crippen molar-refractivity contribution in [3.05, 3.63) is 35.3 Å². The maximum atomic E-state index is 13.6. The zero-order chi connectivity index (χ0) is 22.8. The minimum atomic E-state index is -2.62. The number of rotatable bonds is 5. The van der Waals surface area contributed by atoms with Crippen molar-refractivity contribution < 1.29 is 18.3 Å². The topological polar surface area (TPSA) is 72.3 Å². The van der Waals surface area contributed by atoms with Gasteiger partial charge in [-0.3, -0.25) is 10.00 Å². The molecule has 0 spiro atoms.